The van der Waals surface area contributed by atoms with Crippen LogP contribution in [-0.2, 0) is 9.84 Å². The Hall–Kier alpha value is -2.73. The molecule has 4 nitrogen and oxygen atoms in total. The summed E-state index contributed by atoms with van der Waals surface area (Å²) in [6.45, 7) is 0. The summed E-state index contributed by atoms with van der Waals surface area (Å²) < 4.78 is 38.0. The molecule has 0 N–H and O–H groups in total. The lowest BCUT2D eigenvalue weighted by Crippen LogP contribution is -2.02. The molecule has 0 bridgehead atoms. The highest BCUT2D eigenvalue weighted by Gasteiger charge is 2.13. The fourth-order valence-corrected chi connectivity index (χ4v) is 3.15. The molecule has 1 heterocycles. The Morgan fingerprint density at radius 1 is 0.917 bits per heavy atom. The summed E-state index contributed by atoms with van der Waals surface area (Å²) in [7, 11) is -3.27. The third-order valence-electron chi connectivity index (χ3n) is 3.69. The maximum absolute atomic E-state index is 13.2. The molecule has 0 aliphatic rings. The molecular formula is C18H14FNO3S. The number of aromatic nitrogens is 1. The fourth-order valence-electron chi connectivity index (χ4n) is 2.52. The van der Waals surface area contributed by atoms with Crippen molar-refractivity contribution in [3.63, 3.8) is 0 Å². The van der Waals surface area contributed by atoms with E-state index >= 15 is 0 Å². The third-order valence-corrected chi connectivity index (χ3v) is 4.82. The minimum absolute atomic E-state index is 0.224. The van der Waals surface area contributed by atoms with Crippen molar-refractivity contribution in [2.45, 2.75) is 4.90 Å². The van der Waals surface area contributed by atoms with Crippen LogP contribution in [0.4, 0.5) is 4.39 Å². The van der Waals surface area contributed by atoms with Crippen LogP contribution in [0.15, 0.2) is 65.6 Å². The average Bonchev–Trinajstić information content (AvgIpc) is 2.99. The Morgan fingerprint density at radius 2 is 1.54 bits per heavy atom. The molecule has 0 saturated heterocycles. The Labute approximate surface area is 139 Å². The third kappa shape index (κ3) is 3.00. The number of rotatable bonds is 4. The molecule has 24 heavy (non-hydrogen) atoms. The number of carbonyl (C=O) groups excluding carboxylic acids is 1. The van der Waals surface area contributed by atoms with E-state index in [4.69, 9.17) is 0 Å². The van der Waals surface area contributed by atoms with Gasteiger partial charge in [0.25, 0.3) is 0 Å². The highest BCUT2D eigenvalue weighted by Crippen LogP contribution is 2.27. The van der Waals surface area contributed by atoms with Gasteiger partial charge in [-0.1, -0.05) is 12.1 Å². The maximum atomic E-state index is 13.2. The first-order chi connectivity index (χ1) is 11.4. The Morgan fingerprint density at radius 3 is 2.08 bits per heavy atom. The first-order valence-corrected chi connectivity index (χ1v) is 9.02. The second-order valence-electron chi connectivity index (χ2n) is 5.37. The molecule has 0 spiro atoms. The van der Waals surface area contributed by atoms with Gasteiger partial charge in [0.1, 0.15) is 5.82 Å². The van der Waals surface area contributed by atoms with Gasteiger partial charge in [0.2, 0.25) is 0 Å². The number of halogens is 1. The molecular weight excluding hydrogens is 329 g/mol. The summed E-state index contributed by atoms with van der Waals surface area (Å²) in [5.41, 5.74) is 2.53. The van der Waals surface area contributed by atoms with Crippen LogP contribution >= 0.6 is 0 Å². The topological polar surface area (TPSA) is 56.1 Å². The largest absolute Gasteiger partial charge is 0.307 e. The van der Waals surface area contributed by atoms with Gasteiger partial charge in [0, 0.05) is 11.9 Å². The lowest BCUT2D eigenvalue weighted by molar-refractivity contribution is 0.111. The first kappa shape index (κ1) is 16.1. The average molecular weight is 343 g/mol. The molecule has 0 radical (unpaired) electrons. The van der Waals surface area contributed by atoms with Crippen molar-refractivity contribution >= 4 is 16.1 Å². The Balaban J connectivity index is 2.14. The van der Waals surface area contributed by atoms with E-state index in [9.17, 15) is 17.6 Å². The molecule has 6 heteroatoms. The van der Waals surface area contributed by atoms with Crippen LogP contribution in [0, 0.1) is 5.82 Å². The number of benzene rings is 2. The van der Waals surface area contributed by atoms with Gasteiger partial charge in [-0.15, -0.1) is 0 Å². The fraction of sp³-hybridized carbons (Fsp3) is 0.0556. The zero-order chi connectivity index (χ0) is 17.3. The highest BCUT2D eigenvalue weighted by molar-refractivity contribution is 7.90. The molecule has 0 atom stereocenters. The van der Waals surface area contributed by atoms with Gasteiger partial charge in [0.15, 0.2) is 16.1 Å². The predicted molar refractivity (Wildman–Crippen MR) is 89.7 cm³/mol. The van der Waals surface area contributed by atoms with Crippen LogP contribution in [0.1, 0.15) is 10.5 Å². The molecule has 0 fully saturated rings. The molecule has 3 rings (SSSR count). The Bertz CT molecular complexity index is 988. The van der Waals surface area contributed by atoms with Crippen LogP contribution in [0.5, 0.6) is 0 Å². The summed E-state index contributed by atoms with van der Waals surface area (Å²) in [6, 6.07) is 15.6. The lowest BCUT2D eigenvalue weighted by atomic mass is 10.1. The molecule has 0 amide bonds. The minimum atomic E-state index is -3.27. The molecule has 3 aromatic rings. The molecule has 1 aromatic heterocycles. The zero-order valence-corrected chi connectivity index (χ0v) is 13.6. The Kier molecular flexibility index (Phi) is 4.07. The van der Waals surface area contributed by atoms with E-state index in [1.54, 1.807) is 41.0 Å². The van der Waals surface area contributed by atoms with Gasteiger partial charge < -0.3 is 4.57 Å². The van der Waals surface area contributed by atoms with Crippen molar-refractivity contribution in [3.05, 3.63) is 72.2 Å². The summed E-state index contributed by atoms with van der Waals surface area (Å²) in [5.74, 6) is -0.363. The summed E-state index contributed by atoms with van der Waals surface area (Å²) in [5, 5.41) is 0. The normalized spacial score (nSPS) is 11.4. The van der Waals surface area contributed by atoms with Crippen LogP contribution < -0.4 is 0 Å². The van der Waals surface area contributed by atoms with E-state index in [-0.39, 0.29) is 10.7 Å². The lowest BCUT2D eigenvalue weighted by Gasteiger charge is -2.12. The van der Waals surface area contributed by atoms with E-state index in [1.807, 2.05) is 0 Å². The van der Waals surface area contributed by atoms with Gasteiger partial charge in [-0.25, -0.2) is 12.8 Å². The molecule has 0 aliphatic heterocycles. The minimum Gasteiger partial charge on any atom is -0.307 e. The van der Waals surface area contributed by atoms with Crippen LogP contribution in [0.3, 0.4) is 0 Å². The maximum Gasteiger partial charge on any atom is 0.175 e. The standard InChI is InChI=1S/C18H14FNO3S/c1-24(22,23)17-9-2-13(3-10-17)18-11-8-16(12-21)20(18)15-6-4-14(19)5-7-15/h2-12H,1H3. The van der Waals surface area contributed by atoms with Crippen molar-refractivity contribution in [1.82, 2.24) is 4.57 Å². The van der Waals surface area contributed by atoms with Crippen molar-refractivity contribution in [1.29, 1.82) is 0 Å². The molecule has 0 unspecified atom stereocenters. The van der Waals surface area contributed by atoms with Crippen molar-refractivity contribution in [2.75, 3.05) is 6.26 Å². The number of carbonyl (C=O) groups is 1. The zero-order valence-electron chi connectivity index (χ0n) is 12.8. The van der Waals surface area contributed by atoms with E-state index in [0.717, 1.165) is 18.1 Å². The van der Waals surface area contributed by atoms with Crippen LogP contribution in [-0.4, -0.2) is 25.5 Å². The van der Waals surface area contributed by atoms with Crippen molar-refractivity contribution in [2.24, 2.45) is 0 Å². The van der Waals surface area contributed by atoms with E-state index < -0.39 is 9.84 Å². The van der Waals surface area contributed by atoms with Gasteiger partial charge >= 0.3 is 0 Å². The van der Waals surface area contributed by atoms with E-state index in [2.05, 4.69) is 0 Å². The van der Waals surface area contributed by atoms with Crippen molar-refractivity contribution < 1.29 is 17.6 Å². The number of hydrogen-bond acceptors (Lipinski definition) is 3. The van der Waals surface area contributed by atoms with Gasteiger partial charge in [-0.2, -0.15) is 0 Å². The smallest absolute Gasteiger partial charge is 0.175 e. The quantitative estimate of drug-likeness (QED) is 0.681. The predicted octanol–water partition coefficient (Wildman–Crippen LogP) is 3.50. The van der Waals surface area contributed by atoms with Gasteiger partial charge in [-0.05, 0) is 54.1 Å². The molecule has 2 aromatic carbocycles. The monoisotopic (exact) mass is 343 g/mol. The summed E-state index contributed by atoms with van der Waals surface area (Å²) >= 11 is 0. The van der Waals surface area contributed by atoms with Gasteiger partial charge in [-0.3, -0.25) is 4.79 Å². The summed E-state index contributed by atoms with van der Waals surface area (Å²) in [6.07, 6.45) is 1.87. The summed E-state index contributed by atoms with van der Waals surface area (Å²) in [4.78, 5) is 11.5. The first-order valence-electron chi connectivity index (χ1n) is 7.13. The van der Waals surface area contributed by atoms with Crippen molar-refractivity contribution in [3.8, 4) is 16.9 Å². The van der Waals surface area contributed by atoms with Crippen LogP contribution in [0.25, 0.3) is 16.9 Å². The number of aldehydes is 1. The van der Waals surface area contributed by atoms with E-state index in [0.29, 0.717) is 17.1 Å². The highest BCUT2D eigenvalue weighted by atomic mass is 32.2. The molecule has 122 valence electrons. The molecule has 0 saturated carbocycles. The second-order valence-corrected chi connectivity index (χ2v) is 7.39. The SMILES string of the molecule is CS(=O)(=O)c1ccc(-c2ccc(C=O)n2-c2ccc(F)cc2)cc1. The second kappa shape index (κ2) is 6.05. The van der Waals surface area contributed by atoms with Crippen LogP contribution in [0.2, 0.25) is 0 Å². The van der Waals surface area contributed by atoms with E-state index in [1.165, 1.54) is 24.3 Å². The number of sulfone groups is 1. The number of nitrogens with zero attached hydrogens (tertiary/aromatic N) is 1. The molecule has 0 aliphatic carbocycles. The van der Waals surface area contributed by atoms with Gasteiger partial charge in [0.05, 0.1) is 16.3 Å². The number of hydrogen-bond donors (Lipinski definition) is 0.